The van der Waals surface area contributed by atoms with E-state index in [2.05, 4.69) is 48.5 Å². The number of rotatable bonds is 2. The third kappa shape index (κ3) is 2.02. The Hall–Kier alpha value is -0.330. The quantitative estimate of drug-likeness (QED) is 0.654. The molecule has 14 heavy (non-hydrogen) atoms. The number of ketones is 1. The first-order chi connectivity index (χ1) is 5.98. The Bertz CT molecular complexity index is 198. The van der Waals surface area contributed by atoms with E-state index in [1.165, 1.54) is 0 Å². The van der Waals surface area contributed by atoms with E-state index in [0.717, 1.165) is 0 Å². The molecule has 0 rings (SSSR count). The van der Waals surface area contributed by atoms with Crippen LogP contribution in [0, 0.1) is 16.2 Å². The summed E-state index contributed by atoms with van der Waals surface area (Å²) in [6.45, 7) is 17.0. The maximum Gasteiger partial charge on any atom is 0.139 e. The lowest BCUT2D eigenvalue weighted by Crippen LogP contribution is -2.49. The average Bonchev–Trinajstić information content (AvgIpc) is 1.97. The summed E-state index contributed by atoms with van der Waals surface area (Å²) < 4.78 is 0. The minimum absolute atomic E-state index is 0.0122. The Kier molecular flexibility index (Phi) is 3.59. The highest BCUT2D eigenvalue weighted by Gasteiger charge is 2.50. The topological polar surface area (TPSA) is 17.1 Å². The molecule has 0 saturated heterocycles. The van der Waals surface area contributed by atoms with Crippen molar-refractivity contribution in [2.24, 2.45) is 16.2 Å². The van der Waals surface area contributed by atoms with Gasteiger partial charge in [-0.2, -0.15) is 0 Å². The molecule has 0 aromatic heterocycles. The Labute approximate surface area is 89.3 Å². The first-order valence-corrected chi connectivity index (χ1v) is 5.51. The van der Waals surface area contributed by atoms with Crippen LogP contribution in [0.1, 0.15) is 61.8 Å². The van der Waals surface area contributed by atoms with Crippen LogP contribution in [0.25, 0.3) is 0 Å². The molecular formula is C13H26O. The third-order valence-corrected chi connectivity index (χ3v) is 3.88. The molecule has 0 atom stereocenters. The lowest BCUT2D eigenvalue weighted by Gasteiger charge is -2.50. The fraction of sp³-hybridized carbons (Fsp3) is 0.923. The molecule has 0 bridgehead atoms. The van der Waals surface area contributed by atoms with Crippen molar-refractivity contribution in [2.45, 2.75) is 61.8 Å². The van der Waals surface area contributed by atoms with Crippen molar-refractivity contribution < 1.29 is 4.79 Å². The summed E-state index contributed by atoms with van der Waals surface area (Å²) in [6, 6.07) is 0. The van der Waals surface area contributed by atoms with Crippen molar-refractivity contribution in [2.75, 3.05) is 0 Å². The minimum Gasteiger partial charge on any atom is -0.299 e. The monoisotopic (exact) mass is 198 g/mol. The molecule has 0 unspecified atom stereocenters. The highest BCUT2D eigenvalue weighted by atomic mass is 16.1. The van der Waals surface area contributed by atoms with E-state index in [1.54, 1.807) is 0 Å². The van der Waals surface area contributed by atoms with Crippen molar-refractivity contribution in [3.05, 3.63) is 0 Å². The summed E-state index contributed by atoms with van der Waals surface area (Å²) in [7, 11) is 0. The number of hydrogen-bond acceptors (Lipinski definition) is 1. The Morgan fingerprint density at radius 1 is 0.857 bits per heavy atom. The van der Waals surface area contributed by atoms with Gasteiger partial charge in [-0.15, -0.1) is 0 Å². The van der Waals surface area contributed by atoms with Gasteiger partial charge in [0.05, 0.1) is 0 Å². The van der Waals surface area contributed by atoms with E-state index in [0.29, 0.717) is 12.2 Å². The third-order valence-electron chi connectivity index (χ3n) is 3.88. The molecule has 0 saturated carbocycles. The van der Waals surface area contributed by atoms with Gasteiger partial charge in [0.1, 0.15) is 5.78 Å². The fourth-order valence-electron chi connectivity index (χ4n) is 2.32. The van der Waals surface area contributed by atoms with E-state index in [1.807, 2.05) is 6.92 Å². The molecule has 0 N–H and O–H groups in total. The summed E-state index contributed by atoms with van der Waals surface area (Å²) >= 11 is 0. The SMILES string of the molecule is CCC(=O)C(C)(C(C)(C)C)C(C)(C)C. The van der Waals surface area contributed by atoms with Gasteiger partial charge in [-0.3, -0.25) is 4.79 Å². The summed E-state index contributed by atoms with van der Waals surface area (Å²) in [5, 5.41) is 0. The first kappa shape index (κ1) is 13.7. The zero-order valence-electron chi connectivity index (χ0n) is 11.1. The van der Waals surface area contributed by atoms with Crippen LogP contribution in [-0.4, -0.2) is 5.78 Å². The minimum atomic E-state index is -0.255. The molecule has 0 aliphatic rings. The van der Waals surface area contributed by atoms with E-state index < -0.39 is 0 Å². The van der Waals surface area contributed by atoms with Gasteiger partial charge in [0.15, 0.2) is 0 Å². The molecular weight excluding hydrogens is 172 g/mol. The average molecular weight is 198 g/mol. The number of hydrogen-bond donors (Lipinski definition) is 0. The van der Waals surface area contributed by atoms with Gasteiger partial charge in [0.2, 0.25) is 0 Å². The lowest BCUT2D eigenvalue weighted by molar-refractivity contribution is -0.143. The van der Waals surface area contributed by atoms with Crippen molar-refractivity contribution in [1.29, 1.82) is 0 Å². The normalized spacial score (nSPS) is 14.3. The predicted octanol–water partition coefficient (Wildman–Crippen LogP) is 4.06. The molecule has 0 spiro atoms. The largest absolute Gasteiger partial charge is 0.299 e. The Balaban J connectivity index is 5.40. The van der Waals surface area contributed by atoms with Crippen LogP contribution in [0.15, 0.2) is 0 Å². The lowest BCUT2D eigenvalue weighted by atomic mass is 9.53. The van der Waals surface area contributed by atoms with Crippen LogP contribution in [0.4, 0.5) is 0 Å². The number of carbonyl (C=O) groups excluding carboxylic acids is 1. The summed E-state index contributed by atoms with van der Waals surface area (Å²) in [5.41, 5.74) is -0.231. The van der Waals surface area contributed by atoms with Crippen molar-refractivity contribution >= 4 is 5.78 Å². The molecule has 0 aromatic rings. The summed E-state index contributed by atoms with van der Waals surface area (Å²) in [5.74, 6) is 0.373. The van der Waals surface area contributed by atoms with Gasteiger partial charge >= 0.3 is 0 Å². The van der Waals surface area contributed by atoms with Crippen LogP contribution >= 0.6 is 0 Å². The van der Waals surface area contributed by atoms with Crippen molar-refractivity contribution in [1.82, 2.24) is 0 Å². The van der Waals surface area contributed by atoms with Gasteiger partial charge in [-0.25, -0.2) is 0 Å². The zero-order chi connectivity index (χ0) is 11.8. The van der Waals surface area contributed by atoms with Gasteiger partial charge in [0.25, 0.3) is 0 Å². The van der Waals surface area contributed by atoms with E-state index in [9.17, 15) is 4.79 Å². The Morgan fingerprint density at radius 2 is 1.14 bits per heavy atom. The van der Waals surface area contributed by atoms with Gasteiger partial charge in [-0.1, -0.05) is 55.4 Å². The van der Waals surface area contributed by atoms with Crippen LogP contribution < -0.4 is 0 Å². The summed E-state index contributed by atoms with van der Waals surface area (Å²) in [4.78, 5) is 12.1. The van der Waals surface area contributed by atoms with Gasteiger partial charge in [0, 0.05) is 11.8 Å². The smallest absolute Gasteiger partial charge is 0.139 e. The molecule has 0 aromatic carbocycles. The second-order valence-corrected chi connectivity index (χ2v) is 6.40. The highest BCUT2D eigenvalue weighted by molar-refractivity contribution is 5.85. The van der Waals surface area contributed by atoms with Crippen LogP contribution in [0.2, 0.25) is 0 Å². The molecule has 1 nitrogen and oxygen atoms in total. The van der Waals surface area contributed by atoms with Gasteiger partial charge < -0.3 is 0 Å². The molecule has 0 radical (unpaired) electrons. The fourth-order valence-corrected chi connectivity index (χ4v) is 2.32. The van der Waals surface area contributed by atoms with Crippen LogP contribution in [-0.2, 0) is 4.79 Å². The summed E-state index contributed by atoms with van der Waals surface area (Å²) in [6.07, 6.45) is 0.630. The van der Waals surface area contributed by atoms with Crippen LogP contribution in [0.3, 0.4) is 0 Å². The molecule has 0 aliphatic carbocycles. The number of carbonyl (C=O) groups is 1. The van der Waals surface area contributed by atoms with E-state index >= 15 is 0 Å². The molecule has 0 aliphatic heterocycles. The van der Waals surface area contributed by atoms with Crippen molar-refractivity contribution in [3.8, 4) is 0 Å². The standard InChI is InChI=1S/C13H26O/c1-9-10(14)13(8,11(2,3)4)12(5,6)7/h9H2,1-8H3. The van der Waals surface area contributed by atoms with Crippen LogP contribution in [0.5, 0.6) is 0 Å². The molecule has 0 heterocycles. The van der Waals surface area contributed by atoms with Gasteiger partial charge in [-0.05, 0) is 10.8 Å². The van der Waals surface area contributed by atoms with Crippen molar-refractivity contribution in [3.63, 3.8) is 0 Å². The predicted molar refractivity (Wildman–Crippen MR) is 62.3 cm³/mol. The maximum atomic E-state index is 12.1. The molecule has 0 amide bonds. The Morgan fingerprint density at radius 3 is 1.21 bits per heavy atom. The maximum absolute atomic E-state index is 12.1. The van der Waals surface area contributed by atoms with E-state index in [4.69, 9.17) is 0 Å². The highest BCUT2D eigenvalue weighted by Crippen LogP contribution is 2.52. The molecule has 0 fully saturated rings. The first-order valence-electron chi connectivity index (χ1n) is 5.51. The second kappa shape index (κ2) is 3.67. The van der Waals surface area contributed by atoms with E-state index in [-0.39, 0.29) is 16.2 Å². The number of Topliss-reactive ketones (excluding diaryl/α,β-unsaturated/α-hetero) is 1. The molecule has 84 valence electrons. The second-order valence-electron chi connectivity index (χ2n) is 6.40. The molecule has 1 heteroatoms. The zero-order valence-corrected chi connectivity index (χ0v) is 11.1.